The molecule has 2 aromatic carbocycles. The van der Waals surface area contributed by atoms with Gasteiger partial charge in [-0.15, -0.1) is 0 Å². The second kappa shape index (κ2) is 7.35. The predicted molar refractivity (Wildman–Crippen MR) is 91.9 cm³/mol. The highest BCUT2D eigenvalue weighted by Gasteiger charge is 2.25. The lowest BCUT2D eigenvalue weighted by atomic mass is 10.1. The van der Waals surface area contributed by atoms with Crippen LogP contribution in [-0.4, -0.2) is 30.6 Å². The number of nitrogens with one attached hydrogen (secondary N) is 1. The quantitative estimate of drug-likeness (QED) is 0.903. The van der Waals surface area contributed by atoms with E-state index in [1.54, 1.807) is 29.2 Å². The molecule has 1 aliphatic heterocycles. The molecule has 3 rings (SSSR count). The summed E-state index contributed by atoms with van der Waals surface area (Å²) in [7, 11) is 0. The van der Waals surface area contributed by atoms with Crippen LogP contribution in [0.5, 0.6) is 0 Å². The van der Waals surface area contributed by atoms with Gasteiger partial charge in [-0.05, 0) is 35.9 Å². The summed E-state index contributed by atoms with van der Waals surface area (Å²) in [4.78, 5) is 14.2. The molecule has 1 heterocycles. The Labute approximate surface area is 145 Å². The van der Waals surface area contributed by atoms with Crippen molar-refractivity contribution in [1.29, 1.82) is 5.26 Å². The Morgan fingerprint density at radius 1 is 1.29 bits per heavy atom. The first kappa shape index (κ1) is 16.3. The molecule has 0 bridgehead atoms. The van der Waals surface area contributed by atoms with Crippen LogP contribution in [0.15, 0.2) is 48.5 Å². The number of morpholine rings is 1. The Hall–Kier alpha value is -2.55. The van der Waals surface area contributed by atoms with Crippen LogP contribution < -0.4 is 5.32 Å². The Bertz CT molecular complexity index is 771. The number of rotatable bonds is 2. The van der Waals surface area contributed by atoms with Crippen molar-refractivity contribution >= 4 is 23.3 Å². The lowest BCUT2D eigenvalue weighted by Gasteiger charge is -2.33. The summed E-state index contributed by atoms with van der Waals surface area (Å²) in [6.45, 7) is 1.46. The van der Waals surface area contributed by atoms with E-state index in [0.717, 1.165) is 5.56 Å². The first-order chi connectivity index (χ1) is 11.7. The summed E-state index contributed by atoms with van der Waals surface area (Å²) in [6.07, 6.45) is -0.174. The Kier molecular flexibility index (Phi) is 4.99. The molecule has 0 aliphatic carbocycles. The van der Waals surface area contributed by atoms with Gasteiger partial charge in [0.05, 0.1) is 24.8 Å². The minimum absolute atomic E-state index is 0.174. The molecule has 2 aromatic rings. The van der Waals surface area contributed by atoms with Crippen LogP contribution in [0.4, 0.5) is 10.5 Å². The second-order valence-corrected chi connectivity index (χ2v) is 5.92. The molecule has 1 unspecified atom stereocenters. The van der Waals surface area contributed by atoms with Crippen LogP contribution in [-0.2, 0) is 4.74 Å². The third kappa shape index (κ3) is 3.85. The minimum Gasteiger partial charge on any atom is -0.370 e. The maximum Gasteiger partial charge on any atom is 0.322 e. The summed E-state index contributed by atoms with van der Waals surface area (Å²) in [5.74, 6) is 0. The Morgan fingerprint density at radius 2 is 2.08 bits per heavy atom. The molecule has 1 atom stereocenters. The van der Waals surface area contributed by atoms with Crippen molar-refractivity contribution in [2.45, 2.75) is 6.10 Å². The Morgan fingerprint density at radius 3 is 2.83 bits per heavy atom. The number of halogens is 1. The number of hydrogen-bond donors (Lipinski definition) is 1. The number of amides is 2. The molecule has 2 amide bonds. The number of ether oxygens (including phenoxy) is 1. The number of nitrogens with zero attached hydrogens (tertiary/aromatic N) is 2. The average Bonchev–Trinajstić information content (AvgIpc) is 2.62. The highest BCUT2D eigenvalue weighted by atomic mass is 35.5. The number of nitriles is 1. The molecule has 5 nitrogen and oxygen atoms in total. The largest absolute Gasteiger partial charge is 0.370 e. The van der Waals surface area contributed by atoms with Gasteiger partial charge in [-0.1, -0.05) is 29.8 Å². The predicted octanol–water partition coefficient (Wildman–Crippen LogP) is 3.82. The van der Waals surface area contributed by atoms with Crippen molar-refractivity contribution in [1.82, 2.24) is 4.90 Å². The smallest absolute Gasteiger partial charge is 0.322 e. The second-order valence-electron chi connectivity index (χ2n) is 5.48. The fourth-order valence-corrected chi connectivity index (χ4v) is 2.71. The standard InChI is InChI=1S/C18H16ClN3O2/c19-15-6-4-14(5-7-15)17-12-22(8-9-24-17)18(23)21-16-3-1-2-13(10-16)11-20/h1-7,10,17H,8-9,12H2,(H,21,23). The third-order valence-corrected chi connectivity index (χ3v) is 4.09. The highest BCUT2D eigenvalue weighted by molar-refractivity contribution is 6.30. The van der Waals surface area contributed by atoms with Crippen molar-refractivity contribution in [3.05, 3.63) is 64.7 Å². The van der Waals surface area contributed by atoms with E-state index in [0.29, 0.717) is 36.0 Å². The minimum atomic E-state index is -0.202. The van der Waals surface area contributed by atoms with Crippen molar-refractivity contribution in [2.24, 2.45) is 0 Å². The molecule has 6 heteroatoms. The zero-order chi connectivity index (χ0) is 16.9. The zero-order valence-electron chi connectivity index (χ0n) is 12.9. The number of urea groups is 1. The van der Waals surface area contributed by atoms with Crippen molar-refractivity contribution < 1.29 is 9.53 Å². The molecule has 1 aliphatic rings. The number of carbonyl (C=O) groups excluding carboxylic acids is 1. The first-order valence-electron chi connectivity index (χ1n) is 7.59. The molecule has 1 fully saturated rings. The lowest BCUT2D eigenvalue weighted by molar-refractivity contribution is -0.0135. The average molecular weight is 342 g/mol. The van der Waals surface area contributed by atoms with E-state index in [1.807, 2.05) is 24.3 Å². The molecule has 1 saturated heterocycles. The number of benzene rings is 2. The zero-order valence-corrected chi connectivity index (χ0v) is 13.7. The van der Waals surface area contributed by atoms with Gasteiger partial charge in [-0.3, -0.25) is 0 Å². The molecule has 1 N–H and O–H groups in total. The fraction of sp³-hybridized carbons (Fsp3) is 0.222. The van der Waals surface area contributed by atoms with Crippen LogP contribution in [0.1, 0.15) is 17.2 Å². The highest BCUT2D eigenvalue weighted by Crippen LogP contribution is 2.24. The summed E-state index contributed by atoms with van der Waals surface area (Å²) in [6, 6.07) is 16.1. The van der Waals surface area contributed by atoms with Crippen molar-refractivity contribution in [3.63, 3.8) is 0 Å². The molecular weight excluding hydrogens is 326 g/mol. The summed E-state index contributed by atoms with van der Waals surface area (Å²) in [5, 5.41) is 12.4. The topological polar surface area (TPSA) is 65.4 Å². The number of carbonyl (C=O) groups is 1. The van der Waals surface area contributed by atoms with Gasteiger partial charge in [-0.2, -0.15) is 5.26 Å². The van der Waals surface area contributed by atoms with Crippen molar-refractivity contribution in [2.75, 3.05) is 25.0 Å². The van der Waals surface area contributed by atoms with Gasteiger partial charge < -0.3 is 15.0 Å². The molecule has 24 heavy (non-hydrogen) atoms. The molecule has 0 radical (unpaired) electrons. The van der Waals surface area contributed by atoms with Crippen molar-refractivity contribution in [3.8, 4) is 6.07 Å². The normalized spacial score (nSPS) is 17.2. The Balaban J connectivity index is 1.66. The monoisotopic (exact) mass is 341 g/mol. The molecule has 0 spiro atoms. The van der Waals surface area contributed by atoms with Gasteiger partial charge in [0, 0.05) is 17.3 Å². The van der Waals surface area contributed by atoms with E-state index < -0.39 is 0 Å². The van der Waals surface area contributed by atoms with E-state index in [2.05, 4.69) is 11.4 Å². The van der Waals surface area contributed by atoms with Gasteiger partial charge in [0.2, 0.25) is 0 Å². The molecule has 0 saturated carbocycles. The molecular formula is C18H16ClN3O2. The summed E-state index contributed by atoms with van der Waals surface area (Å²) < 4.78 is 5.76. The SMILES string of the molecule is N#Cc1cccc(NC(=O)N2CCOC(c3ccc(Cl)cc3)C2)c1. The van der Waals surface area contributed by atoms with Gasteiger partial charge in [0.25, 0.3) is 0 Å². The van der Waals surface area contributed by atoms with E-state index in [9.17, 15) is 4.79 Å². The number of hydrogen-bond acceptors (Lipinski definition) is 3. The fourth-order valence-electron chi connectivity index (χ4n) is 2.58. The van der Waals surface area contributed by atoms with Crippen LogP contribution in [0, 0.1) is 11.3 Å². The summed E-state index contributed by atoms with van der Waals surface area (Å²) in [5.41, 5.74) is 2.10. The molecule has 0 aromatic heterocycles. The van der Waals surface area contributed by atoms with E-state index in [-0.39, 0.29) is 12.1 Å². The van der Waals surface area contributed by atoms with E-state index >= 15 is 0 Å². The maximum atomic E-state index is 12.5. The van der Waals surface area contributed by atoms with Crippen LogP contribution in [0.25, 0.3) is 0 Å². The molecule has 122 valence electrons. The lowest BCUT2D eigenvalue weighted by Crippen LogP contribution is -2.44. The van der Waals surface area contributed by atoms with Crippen LogP contribution in [0.3, 0.4) is 0 Å². The first-order valence-corrected chi connectivity index (χ1v) is 7.96. The maximum absolute atomic E-state index is 12.5. The van der Waals surface area contributed by atoms with Crippen LogP contribution >= 0.6 is 11.6 Å². The van der Waals surface area contributed by atoms with Gasteiger partial charge in [0.15, 0.2) is 0 Å². The van der Waals surface area contributed by atoms with E-state index in [4.69, 9.17) is 21.6 Å². The third-order valence-electron chi connectivity index (χ3n) is 3.84. The van der Waals surface area contributed by atoms with Gasteiger partial charge in [-0.25, -0.2) is 4.79 Å². The van der Waals surface area contributed by atoms with Gasteiger partial charge >= 0.3 is 6.03 Å². The van der Waals surface area contributed by atoms with Gasteiger partial charge in [0.1, 0.15) is 6.10 Å². The van der Waals surface area contributed by atoms with E-state index in [1.165, 1.54) is 0 Å². The summed E-state index contributed by atoms with van der Waals surface area (Å²) >= 11 is 5.91. The number of anilines is 1. The van der Waals surface area contributed by atoms with Crippen LogP contribution in [0.2, 0.25) is 5.02 Å².